The normalized spacial score (nSPS) is 18.1. The van der Waals surface area contributed by atoms with E-state index in [1.54, 1.807) is 0 Å². The van der Waals surface area contributed by atoms with Crippen molar-refractivity contribution < 1.29 is 0 Å². The summed E-state index contributed by atoms with van der Waals surface area (Å²) in [6, 6.07) is 0.504. The molecule has 1 aliphatic rings. The molecule has 1 saturated carbocycles. The van der Waals surface area contributed by atoms with E-state index in [9.17, 15) is 0 Å². The topological polar surface area (TPSA) is 29.9 Å². The fourth-order valence-corrected chi connectivity index (χ4v) is 3.91. The van der Waals surface area contributed by atoms with Crippen LogP contribution in [-0.2, 0) is 19.9 Å². The van der Waals surface area contributed by atoms with Gasteiger partial charge in [-0.2, -0.15) is 5.10 Å². The molecular formula is C17H30ClN3. The van der Waals surface area contributed by atoms with Gasteiger partial charge < -0.3 is 5.32 Å². The van der Waals surface area contributed by atoms with Crippen LogP contribution < -0.4 is 5.32 Å². The fraction of sp³-hybridized carbons (Fsp3) is 0.824. The molecule has 2 rings (SSSR count). The second-order valence-electron chi connectivity index (χ2n) is 6.46. The lowest BCUT2D eigenvalue weighted by Crippen LogP contribution is -2.29. The maximum Gasteiger partial charge on any atom is 0.0850 e. The quantitative estimate of drug-likeness (QED) is 0.820. The number of aromatic nitrogens is 2. The molecule has 3 nitrogen and oxygen atoms in total. The summed E-state index contributed by atoms with van der Waals surface area (Å²) in [5.41, 5.74) is 2.20. The second kappa shape index (κ2) is 8.19. The van der Waals surface area contributed by atoms with Crippen LogP contribution in [0.5, 0.6) is 0 Å². The highest BCUT2D eigenvalue weighted by molar-refractivity contribution is 6.31. The van der Waals surface area contributed by atoms with Crippen molar-refractivity contribution in [1.82, 2.24) is 15.1 Å². The van der Waals surface area contributed by atoms with Crippen molar-refractivity contribution in [2.24, 2.45) is 13.0 Å². The molecule has 1 aromatic heterocycles. The highest BCUT2D eigenvalue weighted by Gasteiger charge is 2.19. The van der Waals surface area contributed by atoms with Gasteiger partial charge in [0, 0.05) is 19.5 Å². The Morgan fingerprint density at radius 2 is 2.05 bits per heavy atom. The van der Waals surface area contributed by atoms with E-state index in [0.717, 1.165) is 29.5 Å². The van der Waals surface area contributed by atoms with Crippen LogP contribution >= 0.6 is 11.6 Å². The summed E-state index contributed by atoms with van der Waals surface area (Å²) in [6.45, 7) is 2.11. The number of hydrogen-bond donors (Lipinski definition) is 1. The van der Waals surface area contributed by atoms with Crippen LogP contribution in [0, 0.1) is 5.92 Å². The molecule has 0 aliphatic heterocycles. The Bertz CT molecular complexity index is 435. The third kappa shape index (κ3) is 4.46. The molecule has 1 fully saturated rings. The molecule has 1 aromatic rings. The number of nitrogens with one attached hydrogen (secondary N) is 1. The Balaban J connectivity index is 1.91. The summed E-state index contributed by atoms with van der Waals surface area (Å²) in [7, 11) is 4.07. The van der Waals surface area contributed by atoms with E-state index in [2.05, 4.69) is 24.4 Å². The van der Waals surface area contributed by atoms with Crippen LogP contribution in [0.1, 0.15) is 63.3 Å². The van der Waals surface area contributed by atoms with E-state index in [-0.39, 0.29) is 0 Å². The first kappa shape index (κ1) is 16.8. The predicted octanol–water partition coefficient (Wildman–Crippen LogP) is 4.13. The molecule has 0 aromatic carbocycles. The highest BCUT2D eigenvalue weighted by Crippen LogP contribution is 2.29. The lowest BCUT2D eigenvalue weighted by atomic mass is 9.85. The van der Waals surface area contributed by atoms with Crippen LogP contribution in [0.3, 0.4) is 0 Å². The Labute approximate surface area is 134 Å². The summed E-state index contributed by atoms with van der Waals surface area (Å²) >= 11 is 6.47. The molecule has 1 heterocycles. The summed E-state index contributed by atoms with van der Waals surface area (Å²) in [5, 5.41) is 8.87. The smallest absolute Gasteiger partial charge is 0.0850 e. The largest absolute Gasteiger partial charge is 0.317 e. The zero-order valence-electron chi connectivity index (χ0n) is 13.8. The van der Waals surface area contributed by atoms with Gasteiger partial charge in [-0.1, -0.05) is 50.6 Å². The average molecular weight is 312 g/mol. The third-order valence-electron chi connectivity index (χ3n) is 5.00. The molecule has 21 heavy (non-hydrogen) atoms. The molecule has 1 atom stereocenters. The standard InChI is InChI=1S/C17H30ClN3/c1-4-15-17(18)16(21(3)20-15)12-14(19-2)11-10-13-8-6-5-7-9-13/h13-14,19H,4-12H2,1-3H3. The van der Waals surface area contributed by atoms with Crippen LogP contribution in [-0.4, -0.2) is 22.9 Å². The predicted molar refractivity (Wildman–Crippen MR) is 90.0 cm³/mol. The maximum absolute atomic E-state index is 6.47. The van der Waals surface area contributed by atoms with Gasteiger partial charge in [-0.3, -0.25) is 4.68 Å². The molecule has 0 spiro atoms. The Kier molecular flexibility index (Phi) is 6.56. The first-order valence-corrected chi connectivity index (χ1v) is 8.91. The van der Waals surface area contributed by atoms with Crippen molar-refractivity contribution in [3.63, 3.8) is 0 Å². The van der Waals surface area contributed by atoms with Gasteiger partial charge in [-0.05, 0) is 32.2 Å². The van der Waals surface area contributed by atoms with Gasteiger partial charge in [-0.25, -0.2) is 0 Å². The third-order valence-corrected chi connectivity index (χ3v) is 5.44. The SMILES string of the molecule is CCc1nn(C)c(CC(CCC2CCCCC2)NC)c1Cl. The average Bonchev–Trinajstić information content (AvgIpc) is 2.79. The Hall–Kier alpha value is -0.540. The van der Waals surface area contributed by atoms with Crippen molar-refractivity contribution in [3.8, 4) is 0 Å². The molecule has 1 aliphatic carbocycles. The summed E-state index contributed by atoms with van der Waals surface area (Å²) < 4.78 is 1.96. The van der Waals surface area contributed by atoms with E-state index in [1.807, 2.05) is 11.7 Å². The number of likely N-dealkylation sites (N-methyl/N-ethyl adjacent to an activating group) is 1. The van der Waals surface area contributed by atoms with Gasteiger partial charge in [0.05, 0.1) is 16.4 Å². The fourth-order valence-electron chi connectivity index (χ4n) is 3.54. The molecule has 120 valence electrons. The summed E-state index contributed by atoms with van der Waals surface area (Å²) in [4.78, 5) is 0. The van der Waals surface area contributed by atoms with E-state index in [4.69, 9.17) is 11.6 Å². The van der Waals surface area contributed by atoms with Crippen molar-refractivity contribution >= 4 is 11.6 Å². The van der Waals surface area contributed by atoms with E-state index >= 15 is 0 Å². The number of hydrogen-bond acceptors (Lipinski definition) is 2. The molecule has 0 saturated heterocycles. The molecule has 1 N–H and O–H groups in total. The van der Waals surface area contributed by atoms with Crippen LogP contribution in [0.25, 0.3) is 0 Å². The van der Waals surface area contributed by atoms with Gasteiger partial charge in [-0.15, -0.1) is 0 Å². The van der Waals surface area contributed by atoms with E-state index < -0.39 is 0 Å². The minimum absolute atomic E-state index is 0.504. The van der Waals surface area contributed by atoms with Crippen molar-refractivity contribution in [1.29, 1.82) is 0 Å². The Morgan fingerprint density at radius 1 is 1.33 bits per heavy atom. The lowest BCUT2D eigenvalue weighted by Gasteiger charge is -2.24. The monoisotopic (exact) mass is 311 g/mol. The molecule has 0 radical (unpaired) electrons. The zero-order chi connectivity index (χ0) is 15.2. The van der Waals surface area contributed by atoms with Gasteiger partial charge in [0.2, 0.25) is 0 Å². The van der Waals surface area contributed by atoms with Crippen LogP contribution in [0.4, 0.5) is 0 Å². The van der Waals surface area contributed by atoms with Gasteiger partial charge in [0.25, 0.3) is 0 Å². The summed E-state index contributed by atoms with van der Waals surface area (Å²) in [5.74, 6) is 0.947. The molecule has 0 bridgehead atoms. The van der Waals surface area contributed by atoms with Crippen LogP contribution in [0.15, 0.2) is 0 Å². The van der Waals surface area contributed by atoms with Gasteiger partial charge in [0.15, 0.2) is 0 Å². The maximum atomic E-state index is 6.47. The van der Waals surface area contributed by atoms with E-state index in [1.165, 1.54) is 50.6 Å². The summed E-state index contributed by atoms with van der Waals surface area (Å²) in [6.07, 6.45) is 11.6. The molecular weight excluding hydrogens is 282 g/mol. The molecule has 0 amide bonds. The zero-order valence-corrected chi connectivity index (χ0v) is 14.5. The number of nitrogens with zero attached hydrogens (tertiary/aromatic N) is 2. The van der Waals surface area contributed by atoms with E-state index in [0.29, 0.717) is 6.04 Å². The van der Waals surface area contributed by atoms with Gasteiger partial charge in [0.1, 0.15) is 0 Å². The van der Waals surface area contributed by atoms with Crippen molar-refractivity contribution in [2.75, 3.05) is 7.05 Å². The number of rotatable bonds is 7. The molecule has 1 unspecified atom stereocenters. The van der Waals surface area contributed by atoms with Crippen LogP contribution in [0.2, 0.25) is 5.02 Å². The molecule has 4 heteroatoms. The first-order chi connectivity index (χ1) is 10.2. The minimum atomic E-state index is 0.504. The minimum Gasteiger partial charge on any atom is -0.317 e. The highest BCUT2D eigenvalue weighted by atomic mass is 35.5. The second-order valence-corrected chi connectivity index (χ2v) is 6.83. The van der Waals surface area contributed by atoms with Crippen molar-refractivity contribution in [2.45, 2.75) is 70.8 Å². The first-order valence-electron chi connectivity index (χ1n) is 8.53. The Morgan fingerprint density at radius 3 is 2.62 bits per heavy atom. The number of aryl methyl sites for hydroxylation is 2. The number of halogens is 1. The van der Waals surface area contributed by atoms with Crippen molar-refractivity contribution in [3.05, 3.63) is 16.4 Å². The lowest BCUT2D eigenvalue weighted by molar-refractivity contribution is 0.315. The van der Waals surface area contributed by atoms with Gasteiger partial charge >= 0.3 is 0 Å².